The van der Waals surface area contributed by atoms with Crippen molar-refractivity contribution in [3.8, 4) is 0 Å². The van der Waals surface area contributed by atoms with Crippen LogP contribution in [0.5, 0.6) is 0 Å². The Labute approximate surface area is 68.0 Å². The van der Waals surface area contributed by atoms with Gasteiger partial charge in [0.1, 0.15) is 6.54 Å². The number of rotatable bonds is 0. The van der Waals surface area contributed by atoms with Gasteiger partial charge in [0.05, 0.1) is 20.3 Å². The lowest BCUT2D eigenvalue weighted by atomic mass is 9.89. The van der Waals surface area contributed by atoms with Gasteiger partial charge in [-0.1, -0.05) is 0 Å². The summed E-state index contributed by atoms with van der Waals surface area (Å²) >= 11 is 0. The van der Waals surface area contributed by atoms with Gasteiger partial charge in [-0.2, -0.15) is 0 Å². The average molecular weight is 158 g/mol. The Kier molecular flexibility index (Phi) is 1.65. The number of allylic oxidation sites excluding steroid dienone is 2. The second kappa shape index (κ2) is 2.11. The first-order valence-corrected chi connectivity index (χ1v) is 3.40. The molecule has 0 unspecified atom stereocenters. The number of hydrogen-bond donors (Lipinski definition) is 0. The van der Waals surface area contributed by atoms with Gasteiger partial charge in [-0.15, -0.1) is 0 Å². The van der Waals surface area contributed by atoms with E-state index in [0.29, 0.717) is 0 Å². The largest absolute Gasteiger partial charge is 1.00 e. The third-order valence-electron chi connectivity index (χ3n) is 1.95. The van der Waals surface area contributed by atoms with E-state index >= 15 is 0 Å². The summed E-state index contributed by atoms with van der Waals surface area (Å²) in [7, 11) is 4.48. The highest BCUT2D eigenvalue weighted by molar-refractivity contribution is 5.39. The van der Waals surface area contributed by atoms with E-state index in [1.165, 1.54) is 18.5 Å². The van der Waals surface area contributed by atoms with Gasteiger partial charge in [0, 0.05) is 12.0 Å². The molecular weight excluding hydrogens is 146 g/mol. The second-order valence-corrected chi connectivity index (χ2v) is 3.62. The maximum absolute atomic E-state index is 2.34. The highest BCUT2D eigenvalue weighted by Crippen LogP contribution is 2.32. The first-order valence-electron chi connectivity index (χ1n) is 3.40. The lowest BCUT2D eigenvalue weighted by Crippen LogP contribution is -3.00. The van der Waals surface area contributed by atoms with Gasteiger partial charge in [0.25, 0.3) is 0 Å². The number of fused-ring (bicyclic) bond motifs is 2. The molecule has 10 heavy (non-hydrogen) atoms. The van der Waals surface area contributed by atoms with Crippen molar-refractivity contribution in [3.63, 3.8) is 0 Å². The number of halogens is 1. The number of quaternary nitrogens is 1. The van der Waals surface area contributed by atoms with Crippen LogP contribution in [0, 0.1) is 0 Å². The Balaban J connectivity index is 0.000000500. The van der Waals surface area contributed by atoms with E-state index in [2.05, 4.69) is 26.4 Å². The normalized spacial score (nSPS) is 25.4. The summed E-state index contributed by atoms with van der Waals surface area (Å²) in [6.07, 6.45) is 5.91. The minimum atomic E-state index is 0. The van der Waals surface area contributed by atoms with Crippen LogP contribution in [0.4, 0.5) is 0 Å². The summed E-state index contributed by atoms with van der Waals surface area (Å²) in [5.41, 5.74) is 3.15. The van der Waals surface area contributed by atoms with Crippen molar-refractivity contribution in [2.24, 2.45) is 0 Å². The molecule has 0 saturated carbocycles. The number of nitrogens with zero attached hydrogens (tertiary/aromatic N) is 1. The molecule has 3 rings (SSSR count). The van der Waals surface area contributed by atoms with E-state index in [4.69, 9.17) is 0 Å². The molecule has 2 heterocycles. The van der Waals surface area contributed by atoms with Crippen LogP contribution >= 0.6 is 0 Å². The zero-order chi connectivity index (χ0) is 6.48. The molecule has 0 atom stereocenters. The van der Waals surface area contributed by atoms with Crippen LogP contribution in [-0.2, 0) is 0 Å². The third kappa shape index (κ3) is 1.11. The number of likely N-dealkylation sites (N-methyl/N-ethyl adjacent to an activating group) is 1. The smallest absolute Gasteiger partial charge is 0.105 e. The van der Waals surface area contributed by atoms with Crippen LogP contribution in [0.3, 0.4) is 0 Å². The number of hydrogen-bond acceptors (Lipinski definition) is 0. The molecule has 1 aliphatic carbocycles. The van der Waals surface area contributed by atoms with Crippen molar-refractivity contribution in [2.45, 2.75) is 6.42 Å². The van der Waals surface area contributed by atoms with Gasteiger partial charge < -0.3 is 12.4 Å². The summed E-state index contributed by atoms with van der Waals surface area (Å²) < 4.78 is 1.06. The molecule has 0 aromatic rings. The van der Waals surface area contributed by atoms with Crippen molar-refractivity contribution in [1.29, 1.82) is 0 Å². The summed E-state index contributed by atoms with van der Waals surface area (Å²) in [4.78, 5) is 0. The SMILES string of the molecule is C[N+]1(C)C=C2C=C(C2)C1.[Cl-]. The third-order valence-corrected chi connectivity index (χ3v) is 1.95. The molecule has 56 valence electrons. The molecule has 3 aliphatic rings. The molecule has 0 fully saturated rings. The highest BCUT2D eigenvalue weighted by atomic mass is 35.5. The quantitative estimate of drug-likeness (QED) is 0.368. The zero-order valence-electron chi connectivity index (χ0n) is 6.39. The standard InChI is InChI=1S/C8H12N.ClH/c1-9(2)5-7-3-8(4-7)6-9;/h3,5H,4,6H2,1-2H3;1H/q+1;/p-1. The van der Waals surface area contributed by atoms with Crippen LogP contribution in [0.1, 0.15) is 6.42 Å². The topological polar surface area (TPSA) is 0 Å². The Morgan fingerprint density at radius 1 is 1.40 bits per heavy atom. The molecule has 1 nitrogen and oxygen atoms in total. The summed E-state index contributed by atoms with van der Waals surface area (Å²) in [6.45, 7) is 1.23. The lowest BCUT2D eigenvalue weighted by molar-refractivity contribution is -0.836. The molecule has 0 amide bonds. The summed E-state index contributed by atoms with van der Waals surface area (Å²) in [5.74, 6) is 0. The van der Waals surface area contributed by atoms with Crippen molar-refractivity contribution < 1.29 is 16.9 Å². The predicted molar refractivity (Wildman–Crippen MR) is 37.8 cm³/mol. The Bertz CT molecular complexity index is 213. The molecule has 0 N–H and O–H groups in total. The van der Waals surface area contributed by atoms with Crippen LogP contribution in [0.25, 0.3) is 0 Å². The molecule has 0 radical (unpaired) electrons. The van der Waals surface area contributed by atoms with Crippen molar-refractivity contribution in [3.05, 3.63) is 23.4 Å². The van der Waals surface area contributed by atoms with Crippen molar-refractivity contribution >= 4 is 0 Å². The first-order chi connectivity index (χ1) is 4.16. The molecule has 2 aliphatic heterocycles. The maximum atomic E-state index is 2.34. The van der Waals surface area contributed by atoms with Crippen LogP contribution in [0.15, 0.2) is 23.4 Å². The van der Waals surface area contributed by atoms with Crippen LogP contribution in [-0.4, -0.2) is 25.1 Å². The van der Waals surface area contributed by atoms with Gasteiger partial charge in [0.2, 0.25) is 0 Å². The first kappa shape index (κ1) is 7.83. The van der Waals surface area contributed by atoms with Gasteiger partial charge in [-0.3, -0.25) is 4.48 Å². The summed E-state index contributed by atoms with van der Waals surface area (Å²) in [5, 5.41) is 0. The van der Waals surface area contributed by atoms with Crippen LogP contribution < -0.4 is 12.4 Å². The van der Waals surface area contributed by atoms with Crippen LogP contribution in [0.2, 0.25) is 0 Å². The monoisotopic (exact) mass is 157 g/mol. The average Bonchev–Trinajstić information content (AvgIpc) is 1.58. The highest BCUT2D eigenvalue weighted by Gasteiger charge is 2.28. The van der Waals surface area contributed by atoms with Crippen molar-refractivity contribution in [1.82, 2.24) is 0 Å². The molecule has 2 heteroatoms. The fraction of sp³-hybridized carbons (Fsp3) is 0.500. The Morgan fingerprint density at radius 3 is 2.20 bits per heavy atom. The van der Waals surface area contributed by atoms with Crippen molar-refractivity contribution in [2.75, 3.05) is 20.6 Å². The van der Waals surface area contributed by atoms with Gasteiger partial charge >= 0.3 is 0 Å². The van der Waals surface area contributed by atoms with E-state index in [-0.39, 0.29) is 12.4 Å². The second-order valence-electron chi connectivity index (χ2n) is 3.62. The lowest BCUT2D eigenvalue weighted by Gasteiger charge is -2.36. The summed E-state index contributed by atoms with van der Waals surface area (Å²) in [6, 6.07) is 0. The van der Waals surface area contributed by atoms with Gasteiger partial charge in [0.15, 0.2) is 0 Å². The van der Waals surface area contributed by atoms with E-state index in [0.717, 1.165) is 4.48 Å². The molecule has 0 spiro atoms. The Morgan fingerprint density at radius 2 is 2.00 bits per heavy atom. The van der Waals surface area contributed by atoms with Gasteiger partial charge in [-0.05, 0) is 11.6 Å². The predicted octanol–water partition coefficient (Wildman–Crippen LogP) is -1.71. The molecule has 0 aromatic carbocycles. The molecule has 0 aromatic heterocycles. The van der Waals surface area contributed by atoms with E-state index in [9.17, 15) is 0 Å². The van der Waals surface area contributed by atoms with Gasteiger partial charge in [-0.25, -0.2) is 0 Å². The fourth-order valence-corrected chi connectivity index (χ4v) is 1.70. The minimum Gasteiger partial charge on any atom is -1.00 e. The zero-order valence-corrected chi connectivity index (χ0v) is 7.15. The fourth-order valence-electron chi connectivity index (χ4n) is 1.70. The minimum absolute atomic E-state index is 0. The molecule has 0 saturated heterocycles. The van der Waals surface area contributed by atoms with E-state index < -0.39 is 0 Å². The van der Waals surface area contributed by atoms with E-state index in [1.54, 1.807) is 5.57 Å². The maximum Gasteiger partial charge on any atom is 0.105 e. The Hall–Kier alpha value is -0.270. The molecular formula is C8H12ClN. The molecule has 2 bridgehead atoms. The van der Waals surface area contributed by atoms with E-state index in [1.807, 2.05) is 0 Å².